The van der Waals surface area contributed by atoms with Gasteiger partial charge in [-0.15, -0.1) is 24.0 Å². The molecule has 0 aliphatic heterocycles. The lowest BCUT2D eigenvalue weighted by Crippen LogP contribution is -2.35. The molecular weight excluding hydrogens is 389 g/mol. The number of hydrogen-bond donors (Lipinski definition) is 0. The van der Waals surface area contributed by atoms with Crippen LogP contribution in [-0.4, -0.2) is 57.1 Å². The van der Waals surface area contributed by atoms with Crippen molar-refractivity contribution in [3.05, 3.63) is 29.8 Å². The van der Waals surface area contributed by atoms with E-state index in [9.17, 15) is 0 Å². The van der Waals surface area contributed by atoms with Crippen LogP contribution in [0.5, 0.6) is 5.75 Å². The average molecular weight is 419 g/mol. The zero-order chi connectivity index (χ0) is 16.0. The van der Waals surface area contributed by atoms with Gasteiger partial charge in [-0.1, -0.05) is 39.0 Å². The fourth-order valence-electron chi connectivity index (χ4n) is 2.20. The Balaban J connectivity index is 0.00000441. The first-order valence-electron chi connectivity index (χ1n) is 7.35. The highest BCUT2D eigenvalue weighted by Crippen LogP contribution is 2.30. The molecule has 0 saturated heterocycles. The fraction of sp³-hybridized carbons (Fsp3) is 0.588. The number of rotatable bonds is 4. The quantitative estimate of drug-likeness (QED) is 0.324. The molecule has 1 aromatic rings. The molecule has 22 heavy (non-hydrogen) atoms. The van der Waals surface area contributed by atoms with Crippen LogP contribution in [-0.2, 0) is 5.41 Å². The number of nitrogens with zero attached hydrogens (tertiary/aromatic N) is 3. The summed E-state index contributed by atoms with van der Waals surface area (Å²) in [5, 5.41) is 0. The highest BCUT2D eigenvalue weighted by Gasteiger charge is 2.18. The minimum atomic E-state index is 0. The molecule has 0 bridgehead atoms. The summed E-state index contributed by atoms with van der Waals surface area (Å²) in [5.74, 6) is 1.90. The molecule has 0 spiro atoms. The molecule has 4 nitrogen and oxygen atoms in total. The summed E-state index contributed by atoms with van der Waals surface area (Å²) in [6, 6.07) is 8.23. The Morgan fingerprint density at radius 3 is 2.09 bits per heavy atom. The van der Waals surface area contributed by atoms with Gasteiger partial charge in [0.25, 0.3) is 0 Å². The third-order valence-electron chi connectivity index (χ3n) is 3.10. The molecule has 0 atom stereocenters. The van der Waals surface area contributed by atoms with Crippen molar-refractivity contribution in [3.63, 3.8) is 0 Å². The second-order valence-electron chi connectivity index (χ2n) is 6.57. The lowest BCUT2D eigenvalue weighted by atomic mass is 9.86. The van der Waals surface area contributed by atoms with Crippen LogP contribution in [0.4, 0.5) is 0 Å². The smallest absolute Gasteiger partial charge is 0.195 e. The lowest BCUT2D eigenvalue weighted by molar-refractivity contribution is 0.317. The Bertz CT molecular complexity index is 469. The van der Waals surface area contributed by atoms with Crippen molar-refractivity contribution in [3.8, 4) is 5.75 Å². The summed E-state index contributed by atoms with van der Waals surface area (Å²) in [4.78, 5) is 8.58. The van der Waals surface area contributed by atoms with Crippen molar-refractivity contribution in [1.82, 2.24) is 9.80 Å². The topological polar surface area (TPSA) is 28.1 Å². The summed E-state index contributed by atoms with van der Waals surface area (Å²) in [7, 11) is 7.98. The third-order valence-corrected chi connectivity index (χ3v) is 3.10. The first-order valence-corrected chi connectivity index (χ1v) is 7.35. The van der Waals surface area contributed by atoms with E-state index in [1.54, 1.807) is 0 Å². The second-order valence-corrected chi connectivity index (χ2v) is 6.57. The first kappa shape index (κ1) is 21.0. The van der Waals surface area contributed by atoms with Crippen LogP contribution in [0.25, 0.3) is 0 Å². The minimum Gasteiger partial charge on any atom is -0.491 e. The van der Waals surface area contributed by atoms with Crippen LogP contribution in [0.15, 0.2) is 29.3 Å². The molecule has 126 valence electrons. The molecule has 0 heterocycles. The van der Waals surface area contributed by atoms with Crippen LogP contribution < -0.4 is 4.74 Å². The molecule has 5 heteroatoms. The molecule has 0 aromatic heterocycles. The van der Waals surface area contributed by atoms with E-state index in [0.29, 0.717) is 13.2 Å². The van der Waals surface area contributed by atoms with Crippen LogP contribution in [0, 0.1) is 0 Å². The highest BCUT2D eigenvalue weighted by molar-refractivity contribution is 14.0. The van der Waals surface area contributed by atoms with Crippen LogP contribution in [0.2, 0.25) is 0 Å². The van der Waals surface area contributed by atoms with Gasteiger partial charge < -0.3 is 14.5 Å². The van der Waals surface area contributed by atoms with Crippen LogP contribution >= 0.6 is 24.0 Å². The minimum absolute atomic E-state index is 0. The molecule has 0 saturated carbocycles. The number of para-hydroxylation sites is 1. The van der Waals surface area contributed by atoms with E-state index in [1.807, 2.05) is 50.1 Å². The molecule has 0 aliphatic carbocycles. The zero-order valence-electron chi connectivity index (χ0n) is 14.9. The molecule has 0 N–H and O–H groups in total. The standard InChI is InChI=1S/C17H29N3O.HI/c1-17(2,3)14-10-8-9-11-15(14)21-13-12-18-16(19(4)5)20(6)7;/h8-11H,12-13H2,1-7H3;1H. The largest absolute Gasteiger partial charge is 0.491 e. The predicted molar refractivity (Wildman–Crippen MR) is 106 cm³/mol. The Kier molecular flexibility index (Phi) is 8.81. The van der Waals surface area contributed by atoms with Gasteiger partial charge in [0, 0.05) is 28.2 Å². The van der Waals surface area contributed by atoms with Crippen molar-refractivity contribution in [2.75, 3.05) is 41.3 Å². The van der Waals surface area contributed by atoms with Gasteiger partial charge in [0.2, 0.25) is 0 Å². The van der Waals surface area contributed by atoms with Crippen molar-refractivity contribution in [2.45, 2.75) is 26.2 Å². The average Bonchev–Trinajstić information content (AvgIpc) is 2.36. The van der Waals surface area contributed by atoms with Gasteiger partial charge in [-0.05, 0) is 17.0 Å². The fourth-order valence-corrected chi connectivity index (χ4v) is 2.20. The molecule has 0 radical (unpaired) electrons. The number of hydrogen-bond acceptors (Lipinski definition) is 2. The van der Waals surface area contributed by atoms with E-state index in [0.717, 1.165) is 11.7 Å². The number of halogens is 1. The Morgan fingerprint density at radius 2 is 1.59 bits per heavy atom. The zero-order valence-corrected chi connectivity index (χ0v) is 17.2. The maximum Gasteiger partial charge on any atom is 0.195 e. The van der Waals surface area contributed by atoms with Crippen molar-refractivity contribution >= 4 is 29.9 Å². The molecular formula is C17H30IN3O. The Hall–Kier alpha value is -0.980. The van der Waals surface area contributed by atoms with Gasteiger partial charge in [0.05, 0.1) is 6.54 Å². The van der Waals surface area contributed by atoms with Crippen molar-refractivity contribution in [2.24, 2.45) is 4.99 Å². The lowest BCUT2D eigenvalue weighted by Gasteiger charge is -2.23. The summed E-state index contributed by atoms with van der Waals surface area (Å²) in [6.07, 6.45) is 0. The van der Waals surface area contributed by atoms with E-state index in [2.05, 4.69) is 37.9 Å². The number of guanidine groups is 1. The van der Waals surface area contributed by atoms with Gasteiger partial charge in [-0.25, -0.2) is 4.99 Å². The summed E-state index contributed by atoms with van der Waals surface area (Å²) < 4.78 is 5.93. The SMILES string of the molecule is CN(C)C(=NCCOc1ccccc1C(C)(C)C)N(C)C.I. The highest BCUT2D eigenvalue weighted by atomic mass is 127. The van der Waals surface area contributed by atoms with E-state index in [4.69, 9.17) is 4.74 Å². The molecule has 0 aliphatic rings. The van der Waals surface area contributed by atoms with E-state index in [-0.39, 0.29) is 29.4 Å². The normalized spacial score (nSPS) is 10.5. The second kappa shape index (κ2) is 9.22. The van der Waals surface area contributed by atoms with Gasteiger partial charge in [0.15, 0.2) is 5.96 Å². The van der Waals surface area contributed by atoms with Gasteiger partial charge in [0.1, 0.15) is 12.4 Å². The summed E-state index contributed by atoms with van der Waals surface area (Å²) in [6.45, 7) is 7.82. The molecule has 0 fully saturated rings. The van der Waals surface area contributed by atoms with Crippen molar-refractivity contribution in [1.29, 1.82) is 0 Å². The first-order chi connectivity index (χ1) is 9.73. The predicted octanol–water partition coefficient (Wildman–Crippen LogP) is 3.46. The number of benzene rings is 1. The van der Waals surface area contributed by atoms with Gasteiger partial charge in [-0.2, -0.15) is 0 Å². The van der Waals surface area contributed by atoms with Crippen LogP contribution in [0.3, 0.4) is 0 Å². The summed E-state index contributed by atoms with van der Waals surface area (Å²) >= 11 is 0. The summed E-state index contributed by atoms with van der Waals surface area (Å²) in [5.41, 5.74) is 1.31. The molecule has 0 unspecified atom stereocenters. The van der Waals surface area contributed by atoms with E-state index >= 15 is 0 Å². The Morgan fingerprint density at radius 1 is 1.05 bits per heavy atom. The van der Waals surface area contributed by atoms with E-state index < -0.39 is 0 Å². The monoisotopic (exact) mass is 419 g/mol. The Labute approximate surface area is 152 Å². The molecule has 1 rings (SSSR count). The van der Waals surface area contributed by atoms with Gasteiger partial charge >= 0.3 is 0 Å². The number of aliphatic imine (C=N–C) groups is 1. The maximum atomic E-state index is 5.93. The van der Waals surface area contributed by atoms with Crippen LogP contribution in [0.1, 0.15) is 26.3 Å². The maximum absolute atomic E-state index is 5.93. The van der Waals surface area contributed by atoms with E-state index in [1.165, 1.54) is 5.56 Å². The molecule has 0 amide bonds. The van der Waals surface area contributed by atoms with Gasteiger partial charge in [-0.3, -0.25) is 0 Å². The third kappa shape index (κ3) is 6.42. The number of ether oxygens (including phenoxy) is 1. The van der Waals surface area contributed by atoms with Crippen molar-refractivity contribution < 1.29 is 4.74 Å². The molecule has 1 aromatic carbocycles.